The largest absolute Gasteiger partial charge is 0.480 e. The number of aliphatic carboxylic acids is 1. The van der Waals surface area contributed by atoms with Gasteiger partial charge in [-0.2, -0.15) is 0 Å². The fraction of sp³-hybridized carbons (Fsp3) is 0.526. The van der Waals surface area contributed by atoms with Crippen LogP contribution in [-0.4, -0.2) is 35.5 Å². The zero-order valence-corrected chi connectivity index (χ0v) is 14.8. The molecule has 0 fully saturated rings. The molecule has 0 saturated carbocycles. The van der Waals surface area contributed by atoms with Gasteiger partial charge in [0.05, 0.1) is 6.54 Å². The Bertz CT molecular complexity index is 546. The summed E-state index contributed by atoms with van der Waals surface area (Å²) in [6, 6.07) is 7.64. The van der Waals surface area contributed by atoms with Gasteiger partial charge in [0, 0.05) is 5.56 Å². The number of benzene rings is 1. The van der Waals surface area contributed by atoms with E-state index in [1.165, 1.54) is 12.8 Å². The molecule has 1 aromatic carbocycles. The van der Waals surface area contributed by atoms with Gasteiger partial charge in [-0.05, 0) is 18.6 Å². The molecule has 0 radical (unpaired) electrons. The Morgan fingerprint density at radius 3 is 2.28 bits per heavy atom. The van der Waals surface area contributed by atoms with E-state index >= 15 is 0 Å². The summed E-state index contributed by atoms with van der Waals surface area (Å²) in [6.07, 6.45) is 6.73. The molecule has 25 heavy (non-hydrogen) atoms. The predicted molar refractivity (Wildman–Crippen MR) is 96.3 cm³/mol. The summed E-state index contributed by atoms with van der Waals surface area (Å²) in [7, 11) is 0. The van der Waals surface area contributed by atoms with Gasteiger partial charge in [-0.25, -0.2) is 4.79 Å². The highest BCUT2D eigenvalue weighted by atomic mass is 16.4. The summed E-state index contributed by atoms with van der Waals surface area (Å²) in [5.41, 5.74) is 0.456. The minimum absolute atomic E-state index is 0.242. The summed E-state index contributed by atoms with van der Waals surface area (Å²) in [4.78, 5) is 35.0. The van der Waals surface area contributed by atoms with Crippen molar-refractivity contribution in [2.45, 2.75) is 57.9 Å². The van der Waals surface area contributed by atoms with Crippen LogP contribution in [0.25, 0.3) is 0 Å². The maximum atomic E-state index is 11.9. The number of hydrogen-bond acceptors (Lipinski definition) is 3. The van der Waals surface area contributed by atoms with Crippen molar-refractivity contribution in [1.82, 2.24) is 10.6 Å². The Morgan fingerprint density at radius 1 is 1.00 bits per heavy atom. The zero-order chi connectivity index (χ0) is 18.5. The molecular formula is C19H28N2O4. The third-order valence-corrected chi connectivity index (χ3v) is 3.93. The van der Waals surface area contributed by atoms with E-state index in [2.05, 4.69) is 17.6 Å². The molecular weight excluding hydrogens is 320 g/mol. The lowest BCUT2D eigenvalue weighted by Gasteiger charge is -2.15. The maximum absolute atomic E-state index is 11.9. The fourth-order valence-electron chi connectivity index (χ4n) is 2.48. The average Bonchev–Trinajstić information content (AvgIpc) is 2.62. The van der Waals surface area contributed by atoms with E-state index < -0.39 is 17.9 Å². The van der Waals surface area contributed by atoms with Gasteiger partial charge in [0.15, 0.2) is 0 Å². The molecule has 0 aromatic heterocycles. The summed E-state index contributed by atoms with van der Waals surface area (Å²) in [6.45, 7) is 1.90. The van der Waals surface area contributed by atoms with Crippen LogP contribution in [0.4, 0.5) is 0 Å². The van der Waals surface area contributed by atoms with Gasteiger partial charge in [-0.1, -0.05) is 63.6 Å². The summed E-state index contributed by atoms with van der Waals surface area (Å²) in [5.74, 6) is -1.91. The Balaban J connectivity index is 2.30. The monoisotopic (exact) mass is 348 g/mol. The standard InChI is InChI=1S/C19H28N2O4/c1-2-3-4-5-6-10-13-16(19(24)25)21-17(22)14-20-18(23)15-11-8-7-9-12-15/h7-9,11-12,16H,2-6,10,13-14H2,1H3,(H,20,23)(H,21,22)(H,24,25)/t16-/m1/s1. The second-order valence-electron chi connectivity index (χ2n) is 6.06. The molecule has 0 saturated heterocycles. The van der Waals surface area contributed by atoms with Crippen molar-refractivity contribution in [3.63, 3.8) is 0 Å². The summed E-state index contributed by atoms with van der Waals surface area (Å²) in [5, 5.41) is 14.2. The highest BCUT2D eigenvalue weighted by Crippen LogP contribution is 2.09. The summed E-state index contributed by atoms with van der Waals surface area (Å²) < 4.78 is 0. The lowest BCUT2D eigenvalue weighted by atomic mass is 10.1. The van der Waals surface area contributed by atoms with E-state index in [0.29, 0.717) is 12.0 Å². The molecule has 1 aromatic rings. The number of hydrogen-bond donors (Lipinski definition) is 3. The van der Waals surface area contributed by atoms with Gasteiger partial charge in [-0.3, -0.25) is 9.59 Å². The number of nitrogens with one attached hydrogen (secondary N) is 2. The Morgan fingerprint density at radius 2 is 1.64 bits per heavy atom. The van der Waals surface area contributed by atoms with Gasteiger partial charge < -0.3 is 15.7 Å². The molecule has 6 heteroatoms. The minimum atomic E-state index is -1.05. The molecule has 3 N–H and O–H groups in total. The van der Waals surface area contributed by atoms with Gasteiger partial charge in [-0.15, -0.1) is 0 Å². The number of unbranched alkanes of at least 4 members (excludes halogenated alkanes) is 5. The molecule has 0 unspecified atom stereocenters. The van der Waals surface area contributed by atoms with Crippen LogP contribution < -0.4 is 10.6 Å². The van der Waals surface area contributed by atoms with E-state index in [4.69, 9.17) is 0 Å². The Labute approximate surface area is 149 Å². The van der Waals surface area contributed by atoms with Gasteiger partial charge in [0.25, 0.3) is 5.91 Å². The van der Waals surface area contributed by atoms with Crippen molar-refractivity contribution in [2.75, 3.05) is 6.54 Å². The highest BCUT2D eigenvalue weighted by molar-refractivity contribution is 5.96. The molecule has 0 aliphatic heterocycles. The molecule has 0 heterocycles. The van der Waals surface area contributed by atoms with Crippen molar-refractivity contribution in [3.05, 3.63) is 35.9 Å². The van der Waals surface area contributed by atoms with Crippen LogP contribution in [0, 0.1) is 0 Å². The van der Waals surface area contributed by atoms with E-state index in [1.807, 2.05) is 0 Å². The van der Waals surface area contributed by atoms with Crippen molar-refractivity contribution < 1.29 is 19.5 Å². The average molecular weight is 348 g/mol. The third kappa shape index (κ3) is 8.88. The lowest BCUT2D eigenvalue weighted by molar-refractivity contribution is -0.141. The van der Waals surface area contributed by atoms with Crippen LogP contribution in [-0.2, 0) is 9.59 Å². The fourth-order valence-corrected chi connectivity index (χ4v) is 2.48. The Kier molecular flexibility index (Phi) is 9.97. The second-order valence-corrected chi connectivity index (χ2v) is 6.06. The molecule has 6 nitrogen and oxygen atoms in total. The quantitative estimate of drug-likeness (QED) is 0.506. The molecule has 138 valence electrons. The number of amides is 2. The van der Waals surface area contributed by atoms with Crippen LogP contribution in [0.5, 0.6) is 0 Å². The SMILES string of the molecule is CCCCCCCC[C@@H](NC(=O)CNC(=O)c1ccccc1)C(=O)O. The first-order chi connectivity index (χ1) is 12.0. The first-order valence-corrected chi connectivity index (χ1v) is 8.90. The molecule has 0 aliphatic carbocycles. The summed E-state index contributed by atoms with van der Waals surface area (Å²) >= 11 is 0. The maximum Gasteiger partial charge on any atom is 0.326 e. The third-order valence-electron chi connectivity index (χ3n) is 3.93. The van der Waals surface area contributed by atoms with Crippen molar-refractivity contribution in [3.8, 4) is 0 Å². The highest BCUT2D eigenvalue weighted by Gasteiger charge is 2.19. The minimum Gasteiger partial charge on any atom is -0.480 e. The molecule has 1 rings (SSSR count). The topological polar surface area (TPSA) is 95.5 Å². The van der Waals surface area contributed by atoms with E-state index in [9.17, 15) is 19.5 Å². The molecule has 0 aliphatic rings. The van der Waals surface area contributed by atoms with Crippen molar-refractivity contribution in [1.29, 1.82) is 0 Å². The Hall–Kier alpha value is -2.37. The number of rotatable bonds is 12. The smallest absolute Gasteiger partial charge is 0.326 e. The number of carbonyl (C=O) groups excluding carboxylic acids is 2. The van der Waals surface area contributed by atoms with E-state index in [1.54, 1.807) is 30.3 Å². The van der Waals surface area contributed by atoms with Gasteiger partial charge in [0.2, 0.25) is 5.91 Å². The molecule has 0 bridgehead atoms. The van der Waals surface area contributed by atoms with Crippen molar-refractivity contribution >= 4 is 17.8 Å². The van der Waals surface area contributed by atoms with Crippen LogP contribution in [0.3, 0.4) is 0 Å². The zero-order valence-electron chi connectivity index (χ0n) is 14.8. The number of carboxylic acid groups (broad SMARTS) is 1. The van der Waals surface area contributed by atoms with Gasteiger partial charge >= 0.3 is 5.97 Å². The van der Waals surface area contributed by atoms with Crippen molar-refractivity contribution in [2.24, 2.45) is 0 Å². The van der Waals surface area contributed by atoms with Crippen LogP contribution in [0.1, 0.15) is 62.2 Å². The first-order valence-electron chi connectivity index (χ1n) is 8.90. The van der Waals surface area contributed by atoms with Crippen LogP contribution in [0.2, 0.25) is 0 Å². The molecule has 1 atom stereocenters. The molecule has 2 amide bonds. The van der Waals surface area contributed by atoms with E-state index in [-0.39, 0.29) is 12.5 Å². The van der Waals surface area contributed by atoms with Gasteiger partial charge in [0.1, 0.15) is 6.04 Å². The van der Waals surface area contributed by atoms with Crippen LogP contribution in [0.15, 0.2) is 30.3 Å². The molecule has 0 spiro atoms. The van der Waals surface area contributed by atoms with Crippen LogP contribution >= 0.6 is 0 Å². The van der Waals surface area contributed by atoms with E-state index in [0.717, 1.165) is 25.7 Å². The number of carbonyl (C=O) groups is 3. The predicted octanol–water partition coefficient (Wildman–Crippen LogP) is 2.74. The second kappa shape index (κ2) is 12.1. The lowest BCUT2D eigenvalue weighted by Crippen LogP contribution is -2.45. The number of carboxylic acids is 1. The normalized spacial score (nSPS) is 11.6. The first kappa shape index (κ1) is 20.7.